The zero-order valence-electron chi connectivity index (χ0n) is 7.33. The SMILES string of the molecule is CN=C(NC(C)C)NS(N)(=O)=O. The van der Waals surface area contributed by atoms with Gasteiger partial charge in [0.05, 0.1) is 0 Å². The molecule has 0 aromatic carbocycles. The summed E-state index contributed by atoms with van der Waals surface area (Å²) < 4.78 is 23.1. The maximum Gasteiger partial charge on any atom is 0.298 e. The van der Waals surface area contributed by atoms with Crippen molar-refractivity contribution in [2.45, 2.75) is 19.9 Å². The number of nitrogens with zero attached hydrogens (tertiary/aromatic N) is 1. The normalized spacial score (nSPS) is 13.2. The molecule has 0 aliphatic rings. The van der Waals surface area contributed by atoms with E-state index in [2.05, 4.69) is 10.3 Å². The van der Waals surface area contributed by atoms with E-state index in [1.54, 1.807) is 0 Å². The predicted molar refractivity (Wildman–Crippen MR) is 47.9 cm³/mol. The van der Waals surface area contributed by atoms with Crippen LogP contribution < -0.4 is 15.2 Å². The second-order valence-electron chi connectivity index (χ2n) is 2.52. The van der Waals surface area contributed by atoms with Gasteiger partial charge in [0.15, 0.2) is 0 Å². The molecule has 7 heteroatoms. The van der Waals surface area contributed by atoms with E-state index in [4.69, 9.17) is 5.14 Å². The molecule has 0 aliphatic heterocycles. The van der Waals surface area contributed by atoms with Crippen molar-refractivity contribution in [3.8, 4) is 0 Å². The van der Waals surface area contributed by atoms with E-state index in [1.165, 1.54) is 7.05 Å². The first-order chi connectivity index (χ1) is 5.35. The second-order valence-corrected chi connectivity index (χ2v) is 3.81. The minimum atomic E-state index is -3.72. The summed E-state index contributed by atoms with van der Waals surface area (Å²) in [5, 5.41) is 7.49. The van der Waals surface area contributed by atoms with E-state index in [9.17, 15) is 8.42 Å². The molecule has 0 bridgehead atoms. The fourth-order valence-electron chi connectivity index (χ4n) is 0.548. The summed E-state index contributed by atoms with van der Waals surface area (Å²) in [6.07, 6.45) is 0. The number of hydrogen-bond acceptors (Lipinski definition) is 3. The fourth-order valence-corrected chi connectivity index (χ4v) is 0.968. The maximum absolute atomic E-state index is 10.5. The highest BCUT2D eigenvalue weighted by Crippen LogP contribution is 1.78. The molecule has 0 unspecified atom stereocenters. The highest BCUT2D eigenvalue weighted by atomic mass is 32.2. The largest absolute Gasteiger partial charge is 0.353 e. The quantitative estimate of drug-likeness (QED) is 0.379. The summed E-state index contributed by atoms with van der Waals surface area (Å²) in [5.74, 6) is 0.146. The van der Waals surface area contributed by atoms with Crippen molar-refractivity contribution in [2.75, 3.05) is 7.05 Å². The van der Waals surface area contributed by atoms with Crippen LogP contribution in [0.3, 0.4) is 0 Å². The molecule has 0 aliphatic carbocycles. The zero-order chi connectivity index (χ0) is 9.78. The minimum Gasteiger partial charge on any atom is -0.353 e. The molecule has 0 fully saturated rings. The Morgan fingerprint density at radius 2 is 2.00 bits per heavy atom. The molecule has 0 spiro atoms. The molecule has 0 aromatic heterocycles. The van der Waals surface area contributed by atoms with E-state index in [1.807, 2.05) is 18.6 Å². The Labute approximate surface area is 72.4 Å². The van der Waals surface area contributed by atoms with Crippen LogP contribution in [0.4, 0.5) is 0 Å². The second kappa shape index (κ2) is 4.27. The van der Waals surface area contributed by atoms with Gasteiger partial charge in [0, 0.05) is 13.1 Å². The van der Waals surface area contributed by atoms with Crippen LogP contribution in [-0.2, 0) is 10.2 Å². The van der Waals surface area contributed by atoms with Crippen molar-refractivity contribution >= 4 is 16.2 Å². The number of nitrogens with two attached hydrogens (primary N) is 1. The Bertz CT molecular complexity index is 257. The average Bonchev–Trinajstić information content (AvgIpc) is 1.82. The lowest BCUT2D eigenvalue weighted by molar-refractivity contribution is 0.592. The predicted octanol–water partition coefficient (Wildman–Crippen LogP) is -1.24. The molecule has 0 rings (SSSR count). The Balaban J connectivity index is 4.22. The zero-order valence-corrected chi connectivity index (χ0v) is 8.14. The monoisotopic (exact) mass is 194 g/mol. The number of guanidine groups is 1. The van der Waals surface area contributed by atoms with Crippen molar-refractivity contribution in [3.63, 3.8) is 0 Å². The van der Waals surface area contributed by atoms with Crippen molar-refractivity contribution < 1.29 is 8.42 Å². The number of nitrogens with one attached hydrogen (secondary N) is 2. The summed E-state index contributed by atoms with van der Waals surface area (Å²) >= 11 is 0. The maximum atomic E-state index is 10.5. The van der Waals surface area contributed by atoms with Gasteiger partial charge in [-0.25, -0.2) is 9.86 Å². The molecule has 0 aromatic rings. The van der Waals surface area contributed by atoms with Gasteiger partial charge in [-0.05, 0) is 13.8 Å². The summed E-state index contributed by atoms with van der Waals surface area (Å²) in [5.41, 5.74) is 0. The summed E-state index contributed by atoms with van der Waals surface area (Å²) in [4.78, 5) is 3.65. The van der Waals surface area contributed by atoms with E-state index in [0.29, 0.717) is 0 Å². The van der Waals surface area contributed by atoms with Crippen molar-refractivity contribution in [2.24, 2.45) is 10.1 Å². The third-order valence-electron chi connectivity index (χ3n) is 0.888. The van der Waals surface area contributed by atoms with E-state index in [-0.39, 0.29) is 12.0 Å². The molecule has 4 N–H and O–H groups in total. The van der Waals surface area contributed by atoms with E-state index in [0.717, 1.165) is 0 Å². The van der Waals surface area contributed by atoms with E-state index < -0.39 is 10.2 Å². The summed E-state index contributed by atoms with van der Waals surface area (Å²) in [7, 11) is -2.26. The molecule has 0 amide bonds. The van der Waals surface area contributed by atoms with E-state index >= 15 is 0 Å². The van der Waals surface area contributed by atoms with Crippen molar-refractivity contribution in [1.29, 1.82) is 0 Å². The molecular formula is C5H14N4O2S. The topological polar surface area (TPSA) is 96.6 Å². The smallest absolute Gasteiger partial charge is 0.298 e. The van der Waals surface area contributed by atoms with Crippen LogP contribution in [0, 0.1) is 0 Å². The first-order valence-corrected chi connectivity index (χ1v) is 4.93. The average molecular weight is 194 g/mol. The van der Waals surface area contributed by atoms with Crippen LogP contribution in [0.5, 0.6) is 0 Å². The number of rotatable bonds is 2. The lowest BCUT2D eigenvalue weighted by Gasteiger charge is -2.12. The third kappa shape index (κ3) is 5.93. The van der Waals surface area contributed by atoms with Gasteiger partial charge in [-0.15, -0.1) is 0 Å². The van der Waals surface area contributed by atoms with Crippen LogP contribution in [0.2, 0.25) is 0 Å². The van der Waals surface area contributed by atoms with Crippen LogP contribution in [0.15, 0.2) is 4.99 Å². The Hall–Kier alpha value is -0.820. The highest BCUT2D eigenvalue weighted by molar-refractivity contribution is 7.87. The van der Waals surface area contributed by atoms with Crippen molar-refractivity contribution in [3.05, 3.63) is 0 Å². The van der Waals surface area contributed by atoms with Crippen LogP contribution in [0.1, 0.15) is 13.8 Å². The molecular weight excluding hydrogens is 180 g/mol. The van der Waals surface area contributed by atoms with Crippen LogP contribution in [-0.4, -0.2) is 27.5 Å². The molecule has 0 radical (unpaired) electrons. The molecule has 0 heterocycles. The minimum absolute atomic E-state index is 0.0953. The van der Waals surface area contributed by atoms with Crippen LogP contribution in [0.25, 0.3) is 0 Å². The molecule has 12 heavy (non-hydrogen) atoms. The van der Waals surface area contributed by atoms with Gasteiger partial charge in [-0.1, -0.05) is 0 Å². The summed E-state index contributed by atoms with van der Waals surface area (Å²) in [6, 6.07) is 0.0953. The van der Waals surface area contributed by atoms with Gasteiger partial charge in [0.25, 0.3) is 10.2 Å². The van der Waals surface area contributed by atoms with Crippen LogP contribution >= 0.6 is 0 Å². The van der Waals surface area contributed by atoms with Gasteiger partial charge in [0.2, 0.25) is 5.96 Å². The van der Waals surface area contributed by atoms with Gasteiger partial charge < -0.3 is 5.32 Å². The molecule has 6 nitrogen and oxygen atoms in total. The van der Waals surface area contributed by atoms with Crippen molar-refractivity contribution in [1.82, 2.24) is 10.0 Å². The van der Waals surface area contributed by atoms with Gasteiger partial charge in [-0.3, -0.25) is 4.99 Å². The first kappa shape index (κ1) is 11.2. The highest BCUT2D eigenvalue weighted by Gasteiger charge is 2.06. The molecule has 0 atom stereocenters. The summed E-state index contributed by atoms with van der Waals surface area (Å²) in [6.45, 7) is 3.71. The number of aliphatic imine (C=N–C) groups is 1. The molecule has 0 saturated carbocycles. The lowest BCUT2D eigenvalue weighted by Crippen LogP contribution is -2.46. The Kier molecular flexibility index (Phi) is 3.98. The lowest BCUT2D eigenvalue weighted by atomic mass is 10.4. The fraction of sp³-hybridized carbons (Fsp3) is 0.800. The standard InChI is InChI=1S/C5H14N4O2S/c1-4(2)8-5(7-3)9-12(6,10)11/h4H,1-3H3,(H2,6,10,11)(H2,7,8,9). The third-order valence-corrected chi connectivity index (χ3v) is 1.37. The van der Waals surface area contributed by atoms with Gasteiger partial charge >= 0.3 is 0 Å². The Morgan fingerprint density at radius 3 is 2.25 bits per heavy atom. The van der Waals surface area contributed by atoms with Gasteiger partial charge in [0.1, 0.15) is 0 Å². The Morgan fingerprint density at radius 1 is 1.50 bits per heavy atom. The molecule has 0 saturated heterocycles. The number of hydrogen-bond donors (Lipinski definition) is 3. The molecule has 72 valence electrons. The van der Waals surface area contributed by atoms with Gasteiger partial charge in [-0.2, -0.15) is 8.42 Å². The first-order valence-electron chi connectivity index (χ1n) is 3.39.